The number of pyridine rings is 1. The number of carbonyl (C=O) groups is 1. The number of rotatable bonds is 5. The summed E-state index contributed by atoms with van der Waals surface area (Å²) in [7, 11) is 0. The van der Waals surface area contributed by atoms with Gasteiger partial charge in [-0.25, -0.2) is 4.98 Å². The Morgan fingerprint density at radius 2 is 1.59 bits per heavy atom. The second-order valence-electron chi connectivity index (χ2n) is 3.96. The summed E-state index contributed by atoms with van der Waals surface area (Å²) < 4.78 is 80.0. The molecule has 1 aromatic rings. The maximum absolute atomic E-state index is 13.3. The van der Waals surface area contributed by atoms with E-state index in [4.69, 9.17) is 23.2 Å². The first kappa shape index (κ1) is 18.8. The Morgan fingerprint density at radius 1 is 1.14 bits per heavy atom. The molecule has 0 radical (unpaired) electrons. The smallest absolute Gasteiger partial charge is 0.320 e. The van der Waals surface area contributed by atoms with E-state index in [9.17, 15) is 31.1 Å². The molecule has 0 aliphatic rings. The van der Waals surface area contributed by atoms with Crippen LogP contribution in [0.4, 0.5) is 32.0 Å². The first-order valence-electron chi connectivity index (χ1n) is 5.23. The average Bonchev–Trinajstić information content (AvgIpc) is 2.23. The van der Waals surface area contributed by atoms with Crippen LogP contribution in [0, 0.1) is 0 Å². The van der Waals surface area contributed by atoms with Crippen LogP contribution < -0.4 is 5.32 Å². The standard InChI is InChI=1S/C10H6Cl2F6N2O2/c1-8(13,14)22-10(17,18)9(15,16)7(21)19-4-2-5(11)20-6(12)3-4/h2-3H,1H3,(H,19,20,21). The minimum atomic E-state index is -5.75. The van der Waals surface area contributed by atoms with E-state index in [1.807, 2.05) is 0 Å². The van der Waals surface area contributed by atoms with Crippen molar-refractivity contribution < 1.29 is 35.9 Å². The minimum Gasteiger partial charge on any atom is -0.320 e. The summed E-state index contributed by atoms with van der Waals surface area (Å²) >= 11 is 10.8. The quantitative estimate of drug-likeness (QED) is 0.624. The van der Waals surface area contributed by atoms with Gasteiger partial charge in [-0.3, -0.25) is 9.53 Å². The first-order chi connectivity index (χ1) is 9.74. The van der Waals surface area contributed by atoms with Crippen LogP contribution in [-0.2, 0) is 9.53 Å². The number of nitrogens with one attached hydrogen (secondary N) is 1. The lowest BCUT2D eigenvalue weighted by Crippen LogP contribution is -2.53. The molecule has 1 N–H and O–H groups in total. The molecule has 0 aromatic carbocycles. The van der Waals surface area contributed by atoms with Crippen molar-refractivity contribution in [3.05, 3.63) is 22.4 Å². The number of hydrogen-bond donors (Lipinski definition) is 1. The van der Waals surface area contributed by atoms with E-state index < -0.39 is 29.7 Å². The highest BCUT2D eigenvalue weighted by molar-refractivity contribution is 6.33. The molecule has 0 atom stereocenters. The average molecular weight is 371 g/mol. The van der Waals surface area contributed by atoms with Crippen LogP contribution in [0.1, 0.15) is 6.92 Å². The molecule has 0 spiro atoms. The number of amides is 1. The molecule has 1 amide bonds. The molecule has 0 unspecified atom stereocenters. The van der Waals surface area contributed by atoms with Crippen molar-refractivity contribution >= 4 is 34.8 Å². The molecule has 0 aliphatic carbocycles. The number of hydrogen-bond acceptors (Lipinski definition) is 3. The normalized spacial score (nSPS) is 13.1. The Bertz CT molecular complexity index is 559. The lowest BCUT2D eigenvalue weighted by Gasteiger charge is -2.27. The topological polar surface area (TPSA) is 51.2 Å². The fraction of sp³-hybridized carbons (Fsp3) is 0.400. The van der Waals surface area contributed by atoms with E-state index in [0.29, 0.717) is 0 Å². The zero-order valence-corrected chi connectivity index (χ0v) is 12.0. The Morgan fingerprint density at radius 3 is 2.00 bits per heavy atom. The summed E-state index contributed by atoms with van der Waals surface area (Å²) in [6.07, 6.45) is -10.3. The van der Waals surface area contributed by atoms with Gasteiger partial charge in [-0.2, -0.15) is 26.3 Å². The Labute approximate surface area is 129 Å². The summed E-state index contributed by atoms with van der Waals surface area (Å²) in [4.78, 5) is 14.6. The lowest BCUT2D eigenvalue weighted by molar-refractivity contribution is -0.415. The largest absolute Gasteiger partial charge is 0.433 e. The van der Waals surface area contributed by atoms with Crippen molar-refractivity contribution in [1.29, 1.82) is 0 Å². The molecule has 0 saturated carbocycles. The van der Waals surface area contributed by atoms with E-state index in [2.05, 4.69) is 9.72 Å². The van der Waals surface area contributed by atoms with Gasteiger partial charge in [0.25, 0.3) is 0 Å². The van der Waals surface area contributed by atoms with Gasteiger partial charge >= 0.3 is 24.0 Å². The van der Waals surface area contributed by atoms with E-state index in [-0.39, 0.29) is 17.2 Å². The zero-order chi connectivity index (χ0) is 17.3. The second kappa shape index (κ2) is 6.09. The van der Waals surface area contributed by atoms with Gasteiger partial charge < -0.3 is 5.32 Å². The summed E-state index contributed by atoms with van der Waals surface area (Å²) in [5.74, 6) is -8.19. The van der Waals surface area contributed by atoms with Gasteiger partial charge in [0.05, 0.1) is 0 Å². The Kier molecular flexibility index (Phi) is 5.20. The third kappa shape index (κ3) is 4.62. The molecular formula is C10H6Cl2F6N2O2. The monoisotopic (exact) mass is 370 g/mol. The van der Waals surface area contributed by atoms with Gasteiger partial charge in [-0.05, 0) is 12.1 Å². The number of carbonyl (C=O) groups excluding carboxylic acids is 1. The van der Waals surface area contributed by atoms with Crippen LogP contribution in [0.3, 0.4) is 0 Å². The number of ether oxygens (including phenoxy) is 1. The van der Waals surface area contributed by atoms with Gasteiger partial charge in [0.15, 0.2) is 0 Å². The van der Waals surface area contributed by atoms with E-state index in [0.717, 1.165) is 12.1 Å². The SMILES string of the molecule is CC(F)(F)OC(F)(F)C(F)(F)C(=O)Nc1cc(Cl)nc(Cl)c1. The minimum absolute atomic E-state index is 0.183. The molecule has 0 saturated heterocycles. The van der Waals surface area contributed by atoms with Gasteiger partial charge in [0.2, 0.25) is 0 Å². The molecule has 4 nitrogen and oxygen atoms in total. The Balaban J connectivity index is 2.99. The molecule has 1 aromatic heterocycles. The molecule has 22 heavy (non-hydrogen) atoms. The van der Waals surface area contributed by atoms with Crippen LogP contribution >= 0.6 is 23.2 Å². The zero-order valence-electron chi connectivity index (χ0n) is 10.4. The predicted molar refractivity (Wildman–Crippen MR) is 64.5 cm³/mol. The third-order valence-corrected chi connectivity index (χ3v) is 2.37. The molecule has 0 aliphatic heterocycles. The molecule has 0 bridgehead atoms. The highest BCUT2D eigenvalue weighted by Crippen LogP contribution is 2.40. The summed E-state index contributed by atoms with van der Waals surface area (Å²) in [5, 5.41) is 0.703. The van der Waals surface area contributed by atoms with Crippen molar-refractivity contribution in [3.63, 3.8) is 0 Å². The molecular weight excluding hydrogens is 365 g/mol. The van der Waals surface area contributed by atoms with E-state index in [1.54, 1.807) is 0 Å². The fourth-order valence-electron chi connectivity index (χ4n) is 1.17. The van der Waals surface area contributed by atoms with E-state index in [1.165, 1.54) is 5.32 Å². The van der Waals surface area contributed by atoms with Crippen LogP contribution in [0.2, 0.25) is 10.3 Å². The van der Waals surface area contributed by atoms with Gasteiger partial charge in [0, 0.05) is 12.6 Å². The van der Waals surface area contributed by atoms with Crippen LogP contribution in [0.5, 0.6) is 0 Å². The van der Waals surface area contributed by atoms with Crippen LogP contribution in [0.25, 0.3) is 0 Å². The lowest BCUT2D eigenvalue weighted by atomic mass is 10.2. The number of anilines is 1. The second-order valence-corrected chi connectivity index (χ2v) is 4.73. The Hall–Kier alpha value is -1.26. The number of aromatic nitrogens is 1. The summed E-state index contributed by atoms with van der Waals surface area (Å²) in [6, 6.07) is 1.66. The van der Waals surface area contributed by atoms with Gasteiger partial charge in [-0.1, -0.05) is 23.2 Å². The molecule has 0 fully saturated rings. The number of alkyl halides is 6. The first-order valence-corrected chi connectivity index (χ1v) is 5.98. The molecule has 1 heterocycles. The van der Waals surface area contributed by atoms with Crippen molar-refractivity contribution in [2.75, 3.05) is 5.32 Å². The summed E-state index contributed by atoms with van der Waals surface area (Å²) in [6.45, 7) is -0.183. The van der Waals surface area contributed by atoms with Crippen molar-refractivity contribution in [2.45, 2.75) is 25.1 Å². The fourth-order valence-corrected chi connectivity index (χ4v) is 1.63. The number of halogens is 8. The molecule has 12 heteroatoms. The van der Waals surface area contributed by atoms with Gasteiger partial charge in [0.1, 0.15) is 10.3 Å². The van der Waals surface area contributed by atoms with Crippen molar-refractivity contribution in [3.8, 4) is 0 Å². The van der Waals surface area contributed by atoms with E-state index >= 15 is 0 Å². The number of nitrogens with zero attached hydrogens (tertiary/aromatic N) is 1. The predicted octanol–water partition coefficient (Wildman–Crippen LogP) is 4.18. The van der Waals surface area contributed by atoms with Gasteiger partial charge in [-0.15, -0.1) is 0 Å². The molecule has 1 rings (SSSR count). The van der Waals surface area contributed by atoms with Crippen LogP contribution in [-0.4, -0.2) is 29.0 Å². The maximum atomic E-state index is 13.3. The maximum Gasteiger partial charge on any atom is 0.433 e. The van der Waals surface area contributed by atoms with Crippen LogP contribution in [0.15, 0.2) is 12.1 Å². The third-order valence-electron chi connectivity index (χ3n) is 1.98. The van der Waals surface area contributed by atoms with Crippen molar-refractivity contribution in [2.24, 2.45) is 0 Å². The summed E-state index contributed by atoms with van der Waals surface area (Å²) in [5.41, 5.74) is -0.492. The molecule has 124 valence electrons. The highest BCUT2D eigenvalue weighted by Gasteiger charge is 2.66. The highest BCUT2D eigenvalue weighted by atomic mass is 35.5. The van der Waals surface area contributed by atoms with Crippen molar-refractivity contribution in [1.82, 2.24) is 4.98 Å².